The molecule has 1 saturated heterocycles. The second kappa shape index (κ2) is 9.54. The highest BCUT2D eigenvalue weighted by Gasteiger charge is 2.28. The molecule has 0 atom stereocenters. The second-order valence-electron chi connectivity index (χ2n) is 7.57. The van der Waals surface area contributed by atoms with Crippen LogP contribution in [0.3, 0.4) is 0 Å². The summed E-state index contributed by atoms with van der Waals surface area (Å²) in [7, 11) is -3.50. The van der Waals surface area contributed by atoms with Crippen LogP contribution >= 0.6 is 0 Å². The van der Waals surface area contributed by atoms with E-state index in [9.17, 15) is 23.3 Å². The number of nitrogens with one attached hydrogen (secondary N) is 1. The van der Waals surface area contributed by atoms with Gasteiger partial charge in [-0.05, 0) is 32.0 Å². The summed E-state index contributed by atoms with van der Waals surface area (Å²) in [5.74, 6) is -0.372. The number of hydrogen-bond donors (Lipinski definition) is 1. The molecule has 2 aromatic rings. The zero-order chi connectivity index (χ0) is 22.6. The SMILES string of the molecule is Cc1ccc(S(=O)(=O)N2CCN(CCNC(=O)c3ccc(C)c([N+](=O)[O-])c3)CC2)cc1. The molecule has 10 heteroatoms. The molecule has 0 radical (unpaired) electrons. The van der Waals surface area contributed by atoms with Crippen molar-refractivity contribution in [1.29, 1.82) is 0 Å². The van der Waals surface area contributed by atoms with Crippen LogP contribution in [0.5, 0.6) is 0 Å². The number of aryl methyl sites for hydroxylation is 2. The minimum Gasteiger partial charge on any atom is -0.351 e. The predicted molar refractivity (Wildman–Crippen MR) is 117 cm³/mol. The summed E-state index contributed by atoms with van der Waals surface area (Å²) in [5.41, 5.74) is 1.66. The minimum absolute atomic E-state index is 0.0847. The molecule has 0 unspecified atom stereocenters. The average molecular weight is 447 g/mol. The molecule has 0 spiro atoms. The van der Waals surface area contributed by atoms with Crippen molar-refractivity contribution in [2.75, 3.05) is 39.3 Å². The summed E-state index contributed by atoms with van der Waals surface area (Å²) in [4.78, 5) is 25.2. The first-order valence-corrected chi connectivity index (χ1v) is 11.4. The van der Waals surface area contributed by atoms with Crippen LogP contribution in [-0.4, -0.2) is 67.7 Å². The Morgan fingerprint density at radius 1 is 1.06 bits per heavy atom. The molecule has 166 valence electrons. The molecule has 1 heterocycles. The molecule has 0 aliphatic carbocycles. The highest BCUT2D eigenvalue weighted by Crippen LogP contribution is 2.20. The summed E-state index contributed by atoms with van der Waals surface area (Å²) >= 11 is 0. The van der Waals surface area contributed by atoms with Crippen LogP contribution in [0.1, 0.15) is 21.5 Å². The number of piperazine rings is 1. The van der Waals surface area contributed by atoms with Crippen LogP contribution in [0.15, 0.2) is 47.4 Å². The predicted octanol–water partition coefficient (Wildman–Crippen LogP) is 1.95. The van der Waals surface area contributed by atoms with E-state index in [0.717, 1.165) is 5.56 Å². The lowest BCUT2D eigenvalue weighted by Gasteiger charge is -2.34. The van der Waals surface area contributed by atoms with Crippen LogP contribution in [0, 0.1) is 24.0 Å². The molecule has 0 aromatic heterocycles. The van der Waals surface area contributed by atoms with Crippen LogP contribution < -0.4 is 5.32 Å². The lowest BCUT2D eigenvalue weighted by atomic mass is 10.1. The number of hydrogen-bond acceptors (Lipinski definition) is 6. The molecule has 1 N–H and O–H groups in total. The lowest BCUT2D eigenvalue weighted by Crippen LogP contribution is -2.50. The summed E-state index contributed by atoms with van der Waals surface area (Å²) in [6, 6.07) is 11.2. The fourth-order valence-corrected chi connectivity index (χ4v) is 4.85. The number of benzene rings is 2. The fraction of sp³-hybridized carbons (Fsp3) is 0.381. The molecule has 9 nitrogen and oxygen atoms in total. The van der Waals surface area contributed by atoms with Gasteiger partial charge >= 0.3 is 0 Å². The molecule has 1 amide bonds. The zero-order valence-corrected chi connectivity index (χ0v) is 18.4. The Hall–Kier alpha value is -2.82. The number of amides is 1. The van der Waals surface area contributed by atoms with Crippen molar-refractivity contribution in [1.82, 2.24) is 14.5 Å². The maximum absolute atomic E-state index is 12.8. The van der Waals surface area contributed by atoms with E-state index in [1.54, 1.807) is 43.3 Å². The van der Waals surface area contributed by atoms with E-state index in [1.807, 2.05) is 6.92 Å². The molecular formula is C21H26N4O5S. The van der Waals surface area contributed by atoms with Gasteiger partial charge in [0.1, 0.15) is 0 Å². The van der Waals surface area contributed by atoms with E-state index in [1.165, 1.54) is 10.4 Å². The lowest BCUT2D eigenvalue weighted by molar-refractivity contribution is -0.385. The summed E-state index contributed by atoms with van der Waals surface area (Å²) in [5, 5.41) is 13.8. The molecule has 2 aromatic carbocycles. The van der Waals surface area contributed by atoms with Crippen LogP contribution in [-0.2, 0) is 10.0 Å². The van der Waals surface area contributed by atoms with Gasteiger partial charge in [-0.2, -0.15) is 4.31 Å². The smallest absolute Gasteiger partial charge is 0.273 e. The van der Waals surface area contributed by atoms with E-state index in [-0.39, 0.29) is 17.2 Å². The monoisotopic (exact) mass is 446 g/mol. The van der Waals surface area contributed by atoms with E-state index in [2.05, 4.69) is 10.2 Å². The van der Waals surface area contributed by atoms with Gasteiger partial charge in [0.15, 0.2) is 0 Å². The van der Waals surface area contributed by atoms with Crippen molar-refractivity contribution in [2.45, 2.75) is 18.7 Å². The third kappa shape index (κ3) is 5.46. The molecule has 0 saturated carbocycles. The van der Waals surface area contributed by atoms with Crippen molar-refractivity contribution in [3.63, 3.8) is 0 Å². The van der Waals surface area contributed by atoms with Crippen molar-refractivity contribution < 1.29 is 18.1 Å². The highest BCUT2D eigenvalue weighted by molar-refractivity contribution is 7.89. The summed E-state index contributed by atoms with van der Waals surface area (Å²) < 4.78 is 27.0. The summed E-state index contributed by atoms with van der Waals surface area (Å²) in [6.45, 7) is 6.37. The normalized spacial score (nSPS) is 15.5. The third-order valence-corrected chi connectivity index (χ3v) is 7.28. The van der Waals surface area contributed by atoms with Crippen LogP contribution in [0.2, 0.25) is 0 Å². The van der Waals surface area contributed by atoms with E-state index < -0.39 is 14.9 Å². The van der Waals surface area contributed by atoms with Crippen LogP contribution in [0.4, 0.5) is 5.69 Å². The number of carbonyl (C=O) groups is 1. The Balaban J connectivity index is 1.48. The number of nitro groups is 1. The van der Waals surface area contributed by atoms with E-state index in [0.29, 0.717) is 49.7 Å². The standard InChI is InChI=1S/C21H26N4O5S/c1-16-3-7-19(8-4-16)31(29,30)24-13-11-23(12-14-24)10-9-22-21(26)18-6-5-17(2)20(15-18)25(27)28/h3-8,15H,9-14H2,1-2H3,(H,22,26). The second-order valence-corrected chi connectivity index (χ2v) is 9.51. The highest BCUT2D eigenvalue weighted by atomic mass is 32.2. The van der Waals surface area contributed by atoms with Crippen molar-refractivity contribution in [2.24, 2.45) is 0 Å². The van der Waals surface area contributed by atoms with Gasteiger partial charge in [-0.1, -0.05) is 23.8 Å². The van der Waals surface area contributed by atoms with Crippen LogP contribution in [0.25, 0.3) is 0 Å². The number of rotatable bonds is 7. The molecule has 3 rings (SSSR count). The first kappa shape index (κ1) is 22.9. The largest absolute Gasteiger partial charge is 0.351 e. The van der Waals surface area contributed by atoms with Crippen molar-refractivity contribution >= 4 is 21.6 Å². The molecule has 0 bridgehead atoms. The first-order valence-electron chi connectivity index (χ1n) is 10.0. The zero-order valence-electron chi connectivity index (χ0n) is 17.6. The number of carbonyl (C=O) groups excluding carboxylic acids is 1. The Labute approximate surface area is 181 Å². The third-order valence-electron chi connectivity index (χ3n) is 5.37. The fourth-order valence-electron chi connectivity index (χ4n) is 3.43. The molecule has 1 aliphatic heterocycles. The maximum Gasteiger partial charge on any atom is 0.273 e. The number of nitrogens with zero attached hydrogens (tertiary/aromatic N) is 3. The molecule has 1 fully saturated rings. The van der Waals surface area contributed by atoms with Gasteiger partial charge in [0.05, 0.1) is 9.82 Å². The minimum atomic E-state index is -3.50. The Morgan fingerprint density at radius 3 is 2.32 bits per heavy atom. The molecule has 31 heavy (non-hydrogen) atoms. The van der Waals surface area contributed by atoms with Crippen molar-refractivity contribution in [3.8, 4) is 0 Å². The van der Waals surface area contributed by atoms with Gasteiger partial charge in [-0.25, -0.2) is 8.42 Å². The van der Waals surface area contributed by atoms with Crippen molar-refractivity contribution in [3.05, 3.63) is 69.3 Å². The van der Waals surface area contributed by atoms with Gasteiger partial charge < -0.3 is 5.32 Å². The Kier molecular flexibility index (Phi) is 7.04. The summed E-state index contributed by atoms with van der Waals surface area (Å²) in [6.07, 6.45) is 0. The maximum atomic E-state index is 12.8. The topological polar surface area (TPSA) is 113 Å². The quantitative estimate of drug-likeness (QED) is 0.514. The van der Waals surface area contributed by atoms with Gasteiger partial charge in [0.2, 0.25) is 10.0 Å². The number of sulfonamides is 1. The molecular weight excluding hydrogens is 420 g/mol. The Morgan fingerprint density at radius 2 is 1.71 bits per heavy atom. The Bertz CT molecular complexity index is 1060. The number of nitro benzene ring substituents is 1. The first-order chi connectivity index (χ1) is 14.7. The van der Waals surface area contributed by atoms with Gasteiger partial charge in [-0.15, -0.1) is 0 Å². The van der Waals surface area contributed by atoms with Gasteiger partial charge in [-0.3, -0.25) is 19.8 Å². The van der Waals surface area contributed by atoms with E-state index in [4.69, 9.17) is 0 Å². The molecule has 1 aliphatic rings. The van der Waals surface area contributed by atoms with Gasteiger partial charge in [0, 0.05) is 56.5 Å². The average Bonchev–Trinajstić information content (AvgIpc) is 2.74. The van der Waals surface area contributed by atoms with Gasteiger partial charge in [0.25, 0.3) is 11.6 Å². The van der Waals surface area contributed by atoms with E-state index >= 15 is 0 Å².